The number of nitrogens with two attached hydrogens (primary N) is 1. The molecule has 2 heterocycles. The molecule has 3 rings (SSSR count). The lowest BCUT2D eigenvalue weighted by molar-refractivity contribution is 0.0593. The van der Waals surface area contributed by atoms with E-state index in [0.29, 0.717) is 25.9 Å². The summed E-state index contributed by atoms with van der Waals surface area (Å²) in [6, 6.07) is 9.61. The molecule has 1 aliphatic rings. The summed E-state index contributed by atoms with van der Waals surface area (Å²) in [7, 11) is 1.28. The number of nitriles is 1. The van der Waals surface area contributed by atoms with E-state index >= 15 is 0 Å². The summed E-state index contributed by atoms with van der Waals surface area (Å²) in [4.78, 5) is 14.4. The standard InChI is InChI=1S/C18H20N4O3/c1-25-18(24)17-16(20)12(10-19)11-22(17)15-5-3-2-4-14(15)21-8-6-13(23)7-9-21/h2-5,11,13,23H,6-9,20H2,1H3. The number of hydrogen-bond acceptors (Lipinski definition) is 6. The van der Waals surface area contributed by atoms with Gasteiger partial charge in [-0.05, 0) is 25.0 Å². The highest BCUT2D eigenvalue weighted by Gasteiger charge is 2.25. The van der Waals surface area contributed by atoms with E-state index in [1.165, 1.54) is 7.11 Å². The summed E-state index contributed by atoms with van der Waals surface area (Å²) in [5.41, 5.74) is 8.12. The minimum absolute atomic E-state index is 0.109. The van der Waals surface area contributed by atoms with Gasteiger partial charge in [-0.2, -0.15) is 5.26 Å². The molecule has 0 unspecified atom stereocenters. The smallest absolute Gasteiger partial charge is 0.357 e. The normalized spacial score (nSPS) is 15.0. The van der Waals surface area contributed by atoms with Crippen molar-refractivity contribution in [3.63, 3.8) is 0 Å². The Hall–Kier alpha value is -2.98. The molecule has 1 aromatic carbocycles. The third kappa shape index (κ3) is 3.04. The van der Waals surface area contributed by atoms with Crippen LogP contribution in [0, 0.1) is 11.3 Å². The van der Waals surface area contributed by atoms with Crippen molar-refractivity contribution in [2.75, 3.05) is 30.8 Å². The number of ether oxygens (including phenoxy) is 1. The van der Waals surface area contributed by atoms with Crippen molar-refractivity contribution >= 4 is 17.3 Å². The van der Waals surface area contributed by atoms with Gasteiger partial charge >= 0.3 is 5.97 Å². The second-order valence-corrected chi connectivity index (χ2v) is 5.99. The number of benzene rings is 1. The maximum atomic E-state index is 12.2. The predicted octanol–water partition coefficient (Wildman–Crippen LogP) is 1.68. The predicted molar refractivity (Wildman–Crippen MR) is 93.7 cm³/mol. The molecule has 0 radical (unpaired) electrons. The Kier molecular flexibility index (Phi) is 4.63. The van der Waals surface area contributed by atoms with Gasteiger partial charge in [-0.1, -0.05) is 12.1 Å². The number of aromatic nitrogens is 1. The SMILES string of the molecule is COC(=O)c1c(N)c(C#N)cn1-c1ccccc1N1CCC(O)CC1. The molecule has 0 bridgehead atoms. The molecule has 130 valence electrons. The average Bonchev–Trinajstić information content (AvgIpc) is 2.98. The number of aliphatic hydroxyl groups excluding tert-OH is 1. The quantitative estimate of drug-likeness (QED) is 0.824. The number of carbonyl (C=O) groups excluding carboxylic acids is 1. The Bertz CT molecular complexity index is 829. The van der Waals surface area contributed by atoms with E-state index in [4.69, 9.17) is 10.5 Å². The molecular weight excluding hydrogens is 320 g/mol. The first-order valence-corrected chi connectivity index (χ1v) is 8.08. The van der Waals surface area contributed by atoms with Crippen molar-refractivity contribution in [2.24, 2.45) is 0 Å². The molecule has 0 saturated carbocycles. The van der Waals surface area contributed by atoms with Gasteiger partial charge in [0, 0.05) is 19.3 Å². The van der Waals surface area contributed by atoms with Crippen LogP contribution in [0.25, 0.3) is 5.69 Å². The van der Waals surface area contributed by atoms with E-state index in [-0.39, 0.29) is 23.0 Å². The lowest BCUT2D eigenvalue weighted by Crippen LogP contribution is -2.36. The number of nitrogens with zero attached hydrogens (tertiary/aromatic N) is 3. The van der Waals surface area contributed by atoms with Gasteiger partial charge in [0.1, 0.15) is 6.07 Å². The topological polar surface area (TPSA) is 105 Å². The summed E-state index contributed by atoms with van der Waals surface area (Å²) < 4.78 is 6.45. The van der Waals surface area contributed by atoms with Crippen LogP contribution in [0.5, 0.6) is 0 Å². The monoisotopic (exact) mass is 340 g/mol. The Morgan fingerprint density at radius 1 is 1.32 bits per heavy atom. The fourth-order valence-corrected chi connectivity index (χ4v) is 3.15. The lowest BCUT2D eigenvalue weighted by atomic mass is 10.1. The van der Waals surface area contributed by atoms with Gasteiger partial charge in [-0.25, -0.2) is 4.79 Å². The Labute approximate surface area is 145 Å². The van der Waals surface area contributed by atoms with Crippen LogP contribution in [0.2, 0.25) is 0 Å². The first kappa shape index (κ1) is 16.9. The Morgan fingerprint density at radius 3 is 2.56 bits per heavy atom. The van der Waals surface area contributed by atoms with Gasteiger partial charge in [0.05, 0.1) is 35.8 Å². The van der Waals surface area contributed by atoms with Crippen LogP contribution in [0.1, 0.15) is 28.9 Å². The zero-order valence-electron chi connectivity index (χ0n) is 14.0. The Morgan fingerprint density at radius 2 is 1.96 bits per heavy atom. The highest BCUT2D eigenvalue weighted by Crippen LogP contribution is 2.32. The van der Waals surface area contributed by atoms with Crippen LogP contribution < -0.4 is 10.6 Å². The summed E-state index contributed by atoms with van der Waals surface area (Å²) >= 11 is 0. The number of esters is 1. The highest BCUT2D eigenvalue weighted by molar-refractivity contribution is 5.96. The molecule has 0 spiro atoms. The van der Waals surface area contributed by atoms with Gasteiger partial charge in [-0.15, -0.1) is 0 Å². The van der Waals surface area contributed by atoms with Gasteiger partial charge in [0.2, 0.25) is 0 Å². The first-order valence-electron chi connectivity index (χ1n) is 8.08. The van der Waals surface area contributed by atoms with Crippen molar-refractivity contribution in [3.8, 4) is 11.8 Å². The molecule has 1 aliphatic heterocycles. The summed E-state index contributed by atoms with van der Waals surface area (Å²) in [6.45, 7) is 1.43. The average molecular weight is 340 g/mol. The highest BCUT2D eigenvalue weighted by atomic mass is 16.5. The molecule has 0 aliphatic carbocycles. The van der Waals surface area contributed by atoms with Gasteiger partial charge in [-0.3, -0.25) is 0 Å². The molecule has 7 nitrogen and oxygen atoms in total. The molecule has 0 amide bonds. The number of carbonyl (C=O) groups is 1. The molecule has 25 heavy (non-hydrogen) atoms. The number of aliphatic hydroxyl groups is 1. The molecular formula is C18H20N4O3. The molecule has 1 saturated heterocycles. The van der Waals surface area contributed by atoms with Crippen LogP contribution in [-0.4, -0.2) is 41.9 Å². The number of methoxy groups -OCH3 is 1. The fourth-order valence-electron chi connectivity index (χ4n) is 3.15. The first-order chi connectivity index (χ1) is 12.1. The molecule has 3 N–H and O–H groups in total. The largest absolute Gasteiger partial charge is 0.464 e. The second kappa shape index (κ2) is 6.87. The minimum Gasteiger partial charge on any atom is -0.464 e. The summed E-state index contributed by atoms with van der Waals surface area (Å²) in [6.07, 6.45) is 2.66. The number of para-hydroxylation sites is 2. The Balaban J connectivity index is 2.12. The maximum absolute atomic E-state index is 12.2. The van der Waals surface area contributed by atoms with E-state index in [2.05, 4.69) is 4.90 Å². The van der Waals surface area contributed by atoms with Crippen LogP contribution >= 0.6 is 0 Å². The zero-order valence-corrected chi connectivity index (χ0v) is 14.0. The van der Waals surface area contributed by atoms with E-state index in [1.807, 2.05) is 30.3 Å². The number of anilines is 2. The van der Waals surface area contributed by atoms with Crippen LogP contribution in [0.15, 0.2) is 30.5 Å². The number of nitrogen functional groups attached to an aromatic ring is 1. The molecule has 2 aromatic rings. The van der Waals surface area contributed by atoms with Crippen LogP contribution in [0.3, 0.4) is 0 Å². The maximum Gasteiger partial charge on any atom is 0.357 e. The summed E-state index contributed by atoms with van der Waals surface area (Å²) in [5, 5.41) is 19.0. The van der Waals surface area contributed by atoms with E-state index in [0.717, 1.165) is 11.4 Å². The van der Waals surface area contributed by atoms with Crippen molar-refractivity contribution < 1.29 is 14.6 Å². The third-order valence-corrected chi connectivity index (χ3v) is 4.49. The molecule has 1 fully saturated rings. The van der Waals surface area contributed by atoms with Gasteiger partial charge in [0.25, 0.3) is 0 Å². The van der Waals surface area contributed by atoms with E-state index in [9.17, 15) is 15.2 Å². The van der Waals surface area contributed by atoms with Crippen molar-refractivity contribution in [3.05, 3.63) is 41.7 Å². The van der Waals surface area contributed by atoms with Crippen LogP contribution in [0.4, 0.5) is 11.4 Å². The van der Waals surface area contributed by atoms with E-state index < -0.39 is 5.97 Å². The molecule has 1 aromatic heterocycles. The summed E-state index contributed by atoms with van der Waals surface area (Å²) in [5.74, 6) is -0.595. The zero-order chi connectivity index (χ0) is 18.0. The van der Waals surface area contributed by atoms with E-state index in [1.54, 1.807) is 10.8 Å². The number of hydrogen-bond donors (Lipinski definition) is 2. The number of piperidine rings is 1. The lowest BCUT2D eigenvalue weighted by Gasteiger charge is -2.33. The van der Waals surface area contributed by atoms with Crippen molar-refractivity contribution in [2.45, 2.75) is 18.9 Å². The minimum atomic E-state index is -0.595. The number of rotatable bonds is 3. The van der Waals surface area contributed by atoms with Crippen LogP contribution in [-0.2, 0) is 4.74 Å². The fraction of sp³-hybridized carbons (Fsp3) is 0.333. The third-order valence-electron chi connectivity index (χ3n) is 4.49. The van der Waals surface area contributed by atoms with Gasteiger partial charge < -0.3 is 25.0 Å². The molecule has 7 heteroatoms. The van der Waals surface area contributed by atoms with Gasteiger partial charge in [0.15, 0.2) is 5.69 Å². The van der Waals surface area contributed by atoms with Crippen molar-refractivity contribution in [1.29, 1.82) is 5.26 Å². The van der Waals surface area contributed by atoms with Crippen molar-refractivity contribution in [1.82, 2.24) is 4.57 Å². The molecule has 0 atom stereocenters. The second-order valence-electron chi connectivity index (χ2n) is 5.99.